The molecule has 9 nitrogen and oxygen atoms in total. The average Bonchev–Trinajstić information content (AvgIpc) is 3.40. The normalized spacial score (nSPS) is 22.3. The Bertz CT molecular complexity index is 1270. The van der Waals surface area contributed by atoms with Crippen LogP contribution in [0.4, 0.5) is 17.5 Å². The van der Waals surface area contributed by atoms with Crippen LogP contribution < -0.4 is 10.2 Å². The number of nitrogens with one attached hydrogen (secondary N) is 1. The van der Waals surface area contributed by atoms with E-state index in [-0.39, 0.29) is 6.61 Å². The van der Waals surface area contributed by atoms with Crippen molar-refractivity contribution in [1.29, 1.82) is 0 Å². The Hall–Kier alpha value is -3.18. The maximum atomic E-state index is 10.6. The van der Waals surface area contributed by atoms with E-state index in [0.717, 1.165) is 32.2 Å². The molecule has 3 heterocycles. The molecule has 1 fully saturated rings. The highest BCUT2D eigenvalue weighted by Crippen LogP contribution is 2.38. The van der Waals surface area contributed by atoms with E-state index in [1.165, 1.54) is 11.3 Å². The predicted molar refractivity (Wildman–Crippen MR) is 132 cm³/mol. The number of rotatable bonds is 6. The first-order valence-electron chi connectivity index (χ1n) is 11.1. The number of aliphatic hydroxyl groups is 3. The zero-order valence-electron chi connectivity index (χ0n) is 18.8. The molecule has 0 amide bonds. The molecule has 0 bridgehead atoms. The lowest BCUT2D eigenvalue weighted by molar-refractivity contribution is 0.00446. The van der Waals surface area contributed by atoms with Crippen molar-refractivity contribution in [2.45, 2.75) is 31.6 Å². The second-order valence-corrected chi connectivity index (χ2v) is 9.53. The number of hydrogen-bond acceptors (Lipinski definition) is 10. The van der Waals surface area contributed by atoms with E-state index in [2.05, 4.69) is 10.3 Å². The fraction of sp³-hybridized carbons (Fsp3) is 0.333. The third-order valence-corrected chi connectivity index (χ3v) is 7.34. The zero-order valence-corrected chi connectivity index (χ0v) is 19.6. The topological polar surface area (TPSA) is 128 Å². The van der Waals surface area contributed by atoms with E-state index >= 15 is 0 Å². The van der Waals surface area contributed by atoms with Crippen molar-refractivity contribution < 1.29 is 15.3 Å². The van der Waals surface area contributed by atoms with Crippen LogP contribution in [0.5, 0.6) is 0 Å². The summed E-state index contributed by atoms with van der Waals surface area (Å²) < 4.78 is 0.998. The van der Waals surface area contributed by atoms with Crippen LogP contribution in [0.15, 0.2) is 48.8 Å². The third-order valence-electron chi connectivity index (χ3n) is 6.28. The molecule has 1 saturated carbocycles. The van der Waals surface area contributed by atoms with E-state index in [9.17, 15) is 15.3 Å². The first kappa shape index (κ1) is 22.6. The molecule has 10 heteroatoms. The van der Waals surface area contributed by atoms with Crippen molar-refractivity contribution in [2.24, 2.45) is 5.92 Å². The van der Waals surface area contributed by atoms with Crippen LogP contribution in [0.3, 0.4) is 0 Å². The Balaban J connectivity index is 1.60. The largest absolute Gasteiger partial charge is 0.396 e. The van der Waals surface area contributed by atoms with Crippen molar-refractivity contribution in [2.75, 3.05) is 23.9 Å². The number of fused-ring (bicyclic) bond motifs is 1. The van der Waals surface area contributed by atoms with Crippen molar-refractivity contribution in [1.82, 2.24) is 19.9 Å². The Kier molecular flexibility index (Phi) is 6.13. The lowest BCUT2D eigenvalue weighted by Crippen LogP contribution is -2.36. The lowest BCUT2D eigenvalue weighted by Gasteiger charge is -2.23. The molecule has 0 radical (unpaired) electrons. The molecule has 0 unspecified atom stereocenters. The summed E-state index contributed by atoms with van der Waals surface area (Å²) in [6.45, 7) is 1.71. The molecule has 176 valence electrons. The molecule has 1 aliphatic carbocycles. The first-order valence-corrected chi connectivity index (χ1v) is 11.9. The molecule has 0 saturated heterocycles. The number of nitrogens with zero attached hydrogens (tertiary/aromatic N) is 5. The summed E-state index contributed by atoms with van der Waals surface area (Å²) in [7, 11) is 1.90. The van der Waals surface area contributed by atoms with Crippen molar-refractivity contribution in [3.8, 4) is 10.6 Å². The summed E-state index contributed by atoms with van der Waals surface area (Å²) in [5.74, 6) is 0.607. The maximum absolute atomic E-state index is 10.6. The van der Waals surface area contributed by atoms with Gasteiger partial charge in [0.2, 0.25) is 5.95 Å². The van der Waals surface area contributed by atoms with Gasteiger partial charge in [-0.15, -0.1) is 11.3 Å². The van der Waals surface area contributed by atoms with Crippen LogP contribution in [0.1, 0.15) is 12.1 Å². The summed E-state index contributed by atoms with van der Waals surface area (Å²) in [4.78, 5) is 20.4. The summed E-state index contributed by atoms with van der Waals surface area (Å²) in [5, 5.41) is 34.6. The summed E-state index contributed by atoms with van der Waals surface area (Å²) >= 11 is 1.52. The number of thiazole rings is 1. The van der Waals surface area contributed by atoms with Gasteiger partial charge in [0.05, 0.1) is 34.3 Å². The fourth-order valence-electron chi connectivity index (χ4n) is 4.35. The zero-order chi connectivity index (χ0) is 23.8. The van der Waals surface area contributed by atoms with Gasteiger partial charge in [0, 0.05) is 31.5 Å². The highest BCUT2D eigenvalue weighted by atomic mass is 32.1. The van der Waals surface area contributed by atoms with Crippen LogP contribution in [-0.2, 0) is 0 Å². The maximum Gasteiger partial charge on any atom is 0.231 e. The standard InChI is InChI=1S/C24H26N6O3S/c1-13-19(23-28-17-11-25-9-8-18(17)34-23)22(27-16-10-14(12-31)20(32)21(16)33)29-24(26-13)30(2)15-6-4-3-5-7-15/h3-9,11,14,16,20-21,31-33H,10,12H2,1-2H3,(H,26,27,29)/t14-,16-,20-,21+/m1/s1. The minimum atomic E-state index is -1.03. The highest BCUT2D eigenvalue weighted by molar-refractivity contribution is 7.21. The molecule has 3 aromatic heterocycles. The summed E-state index contributed by atoms with van der Waals surface area (Å²) in [6, 6.07) is 11.2. The van der Waals surface area contributed by atoms with E-state index in [4.69, 9.17) is 15.0 Å². The van der Waals surface area contributed by atoms with Crippen LogP contribution in [0, 0.1) is 12.8 Å². The van der Waals surface area contributed by atoms with Crippen LogP contribution in [-0.4, -0.2) is 67.2 Å². The molecular weight excluding hydrogens is 452 g/mol. The van der Waals surface area contributed by atoms with Gasteiger partial charge in [-0.1, -0.05) is 18.2 Å². The lowest BCUT2D eigenvalue weighted by atomic mass is 10.1. The Morgan fingerprint density at radius 3 is 2.59 bits per heavy atom. The number of aliphatic hydroxyl groups excluding tert-OH is 3. The number of aryl methyl sites for hydroxylation is 1. The second-order valence-electron chi connectivity index (χ2n) is 8.50. The van der Waals surface area contributed by atoms with Gasteiger partial charge in [0.1, 0.15) is 22.4 Å². The first-order chi connectivity index (χ1) is 16.5. The van der Waals surface area contributed by atoms with Gasteiger partial charge in [-0.25, -0.2) is 9.97 Å². The molecule has 34 heavy (non-hydrogen) atoms. The van der Waals surface area contributed by atoms with E-state index in [1.54, 1.807) is 12.4 Å². The monoisotopic (exact) mass is 478 g/mol. The van der Waals surface area contributed by atoms with E-state index in [1.807, 2.05) is 55.3 Å². The average molecular weight is 479 g/mol. The van der Waals surface area contributed by atoms with Crippen LogP contribution in [0.2, 0.25) is 0 Å². The van der Waals surface area contributed by atoms with Gasteiger partial charge in [0.25, 0.3) is 0 Å². The van der Waals surface area contributed by atoms with Crippen molar-refractivity contribution in [3.63, 3.8) is 0 Å². The minimum Gasteiger partial charge on any atom is -0.396 e. The van der Waals surface area contributed by atoms with Gasteiger partial charge >= 0.3 is 0 Å². The molecule has 0 spiro atoms. The molecule has 0 aliphatic heterocycles. The Morgan fingerprint density at radius 1 is 1.09 bits per heavy atom. The molecule has 4 N–H and O–H groups in total. The molecule has 4 atom stereocenters. The molecular formula is C24H26N6O3S. The number of anilines is 3. The van der Waals surface area contributed by atoms with Gasteiger partial charge in [-0.05, 0) is 31.5 Å². The van der Waals surface area contributed by atoms with Gasteiger partial charge < -0.3 is 25.5 Å². The Morgan fingerprint density at radius 2 is 1.88 bits per heavy atom. The molecule has 1 aliphatic rings. The van der Waals surface area contributed by atoms with Crippen molar-refractivity contribution in [3.05, 3.63) is 54.5 Å². The quantitative estimate of drug-likeness (QED) is 0.331. The fourth-order valence-corrected chi connectivity index (χ4v) is 5.38. The SMILES string of the molecule is Cc1nc(N(C)c2ccccc2)nc(N[C@@H]2C[C@H](CO)[C@@H](O)[C@H]2O)c1-c1nc2cnccc2s1. The number of aromatic nitrogens is 4. The molecule has 5 rings (SSSR count). The number of benzene rings is 1. The second kappa shape index (κ2) is 9.22. The number of para-hydroxylation sites is 1. The van der Waals surface area contributed by atoms with Gasteiger partial charge in [0.15, 0.2) is 0 Å². The predicted octanol–water partition coefficient (Wildman–Crippen LogP) is 2.74. The van der Waals surface area contributed by atoms with Crippen molar-refractivity contribution >= 4 is 39.0 Å². The molecule has 1 aromatic carbocycles. The molecule has 4 aromatic rings. The third kappa shape index (κ3) is 4.09. The number of pyridine rings is 1. The smallest absolute Gasteiger partial charge is 0.231 e. The summed E-state index contributed by atoms with van der Waals surface area (Å²) in [5.41, 5.74) is 3.19. The minimum absolute atomic E-state index is 0.196. The summed E-state index contributed by atoms with van der Waals surface area (Å²) in [6.07, 6.45) is 1.83. The number of hydrogen-bond donors (Lipinski definition) is 4. The van der Waals surface area contributed by atoms with E-state index in [0.29, 0.717) is 18.2 Å². The Labute approximate surface area is 200 Å². The van der Waals surface area contributed by atoms with Crippen LogP contribution in [0.25, 0.3) is 20.8 Å². The van der Waals surface area contributed by atoms with Gasteiger partial charge in [-0.3, -0.25) is 4.98 Å². The highest BCUT2D eigenvalue weighted by Gasteiger charge is 2.41. The van der Waals surface area contributed by atoms with Crippen LogP contribution >= 0.6 is 11.3 Å². The van der Waals surface area contributed by atoms with E-state index < -0.39 is 24.2 Å². The van der Waals surface area contributed by atoms with Gasteiger partial charge in [-0.2, -0.15) is 4.98 Å².